The Morgan fingerprint density at radius 1 is 0.543 bits per heavy atom. The highest BCUT2D eigenvalue weighted by molar-refractivity contribution is 5.59. The van der Waals surface area contributed by atoms with Gasteiger partial charge in [-0.3, -0.25) is 0 Å². The van der Waals surface area contributed by atoms with Gasteiger partial charge >= 0.3 is 0 Å². The normalized spacial score (nSPS) is 11.0. The summed E-state index contributed by atoms with van der Waals surface area (Å²) in [5.41, 5.74) is 1.86. The summed E-state index contributed by atoms with van der Waals surface area (Å²) in [6.45, 7) is 13.2. The Kier molecular flexibility index (Phi) is 14.8. The Bertz CT molecular complexity index is 742. The maximum Gasteiger partial charge on any atom is 0.225 e. The van der Waals surface area contributed by atoms with Crippen LogP contribution in [-0.4, -0.2) is 41.1 Å². The van der Waals surface area contributed by atoms with Crippen LogP contribution in [0.25, 0.3) is 0 Å². The molecule has 0 amide bonds. The molecular weight excluding hydrogens is 432 g/mol. The molecule has 0 saturated carbocycles. The molecule has 0 unspecified atom stereocenters. The van der Waals surface area contributed by atoms with Crippen molar-refractivity contribution in [2.24, 2.45) is 0 Å². The fourth-order valence-corrected chi connectivity index (χ4v) is 4.17. The lowest BCUT2D eigenvalue weighted by Gasteiger charge is -2.24. The van der Waals surface area contributed by atoms with Gasteiger partial charge in [-0.1, -0.05) is 79.1 Å². The molecule has 0 spiro atoms. The highest BCUT2D eigenvalue weighted by Crippen LogP contribution is 2.20. The van der Waals surface area contributed by atoms with Gasteiger partial charge < -0.3 is 15.1 Å². The smallest absolute Gasteiger partial charge is 0.225 e. The van der Waals surface area contributed by atoms with E-state index in [2.05, 4.69) is 64.9 Å². The third-order valence-corrected chi connectivity index (χ3v) is 6.41. The predicted octanol–water partition coefficient (Wildman–Crippen LogP) is 7.99. The molecule has 0 bridgehead atoms. The lowest BCUT2D eigenvalue weighted by Crippen LogP contribution is -2.27. The van der Waals surface area contributed by atoms with Crippen molar-refractivity contribution >= 4 is 23.1 Å². The Hall–Kier alpha value is -2.37. The van der Waals surface area contributed by atoms with Crippen LogP contribution < -0.4 is 15.1 Å². The van der Waals surface area contributed by atoms with Gasteiger partial charge in [-0.25, -0.2) is 15.0 Å². The van der Waals surface area contributed by atoms with Crippen molar-refractivity contribution in [3.05, 3.63) is 30.7 Å². The minimum absolute atomic E-state index is 0.827. The summed E-state index contributed by atoms with van der Waals surface area (Å²) in [7, 11) is 0. The largest absolute Gasteiger partial charge is 0.357 e. The zero-order valence-corrected chi connectivity index (χ0v) is 22.9. The van der Waals surface area contributed by atoms with Crippen molar-refractivity contribution in [2.75, 3.05) is 41.3 Å². The number of rotatable bonds is 20. The number of hydrogen-bond donors (Lipinski definition) is 1. The first-order chi connectivity index (χ1) is 17.2. The van der Waals surface area contributed by atoms with E-state index in [0.29, 0.717) is 0 Å². The maximum absolute atomic E-state index is 4.80. The topological polar surface area (TPSA) is 57.2 Å². The Morgan fingerprint density at radius 2 is 1.06 bits per heavy atom. The van der Waals surface area contributed by atoms with Gasteiger partial charge in [0.1, 0.15) is 5.82 Å². The summed E-state index contributed by atoms with van der Waals surface area (Å²) in [4.78, 5) is 18.9. The predicted molar refractivity (Wildman–Crippen MR) is 152 cm³/mol. The molecule has 0 fully saturated rings. The lowest BCUT2D eigenvalue weighted by molar-refractivity contribution is 0.605. The van der Waals surface area contributed by atoms with Gasteiger partial charge in [0.2, 0.25) is 5.95 Å². The SMILES string of the molecule is CCCCCCN(CCCCCC)c1ccc(Nc2cnc(N(CCCC)CCCC)nc2)cn1. The second-order valence-corrected chi connectivity index (χ2v) is 9.60. The third-order valence-electron chi connectivity index (χ3n) is 6.41. The minimum Gasteiger partial charge on any atom is -0.357 e. The molecule has 6 heteroatoms. The van der Waals surface area contributed by atoms with Gasteiger partial charge in [0, 0.05) is 26.2 Å². The van der Waals surface area contributed by atoms with Gasteiger partial charge in [-0.15, -0.1) is 0 Å². The zero-order chi connectivity index (χ0) is 25.1. The number of nitrogens with zero attached hydrogens (tertiary/aromatic N) is 5. The second kappa shape index (κ2) is 18.0. The molecule has 2 heterocycles. The average molecular weight is 483 g/mol. The molecule has 0 aliphatic rings. The molecule has 2 aromatic rings. The van der Waals surface area contributed by atoms with E-state index >= 15 is 0 Å². The van der Waals surface area contributed by atoms with Crippen molar-refractivity contribution in [1.82, 2.24) is 15.0 Å². The van der Waals surface area contributed by atoms with Crippen LogP contribution in [0.2, 0.25) is 0 Å². The number of anilines is 4. The lowest BCUT2D eigenvalue weighted by atomic mass is 10.1. The Morgan fingerprint density at radius 3 is 1.54 bits per heavy atom. The number of pyridine rings is 1. The quantitative estimate of drug-likeness (QED) is 0.193. The van der Waals surface area contributed by atoms with Crippen LogP contribution in [0.1, 0.15) is 105 Å². The van der Waals surface area contributed by atoms with E-state index in [-0.39, 0.29) is 0 Å². The highest BCUT2D eigenvalue weighted by atomic mass is 15.2. The Labute approximate surface area is 215 Å². The van der Waals surface area contributed by atoms with Crippen molar-refractivity contribution in [3.63, 3.8) is 0 Å². The molecule has 0 atom stereocenters. The van der Waals surface area contributed by atoms with Crippen LogP contribution in [0.5, 0.6) is 0 Å². The van der Waals surface area contributed by atoms with E-state index in [0.717, 1.165) is 49.3 Å². The van der Waals surface area contributed by atoms with E-state index in [1.165, 1.54) is 77.0 Å². The van der Waals surface area contributed by atoms with E-state index in [9.17, 15) is 0 Å². The molecule has 196 valence electrons. The van der Waals surface area contributed by atoms with E-state index < -0.39 is 0 Å². The second-order valence-electron chi connectivity index (χ2n) is 9.60. The van der Waals surface area contributed by atoms with E-state index in [1.807, 2.05) is 18.6 Å². The van der Waals surface area contributed by atoms with Crippen molar-refractivity contribution < 1.29 is 0 Å². The van der Waals surface area contributed by atoms with Crippen molar-refractivity contribution in [1.29, 1.82) is 0 Å². The van der Waals surface area contributed by atoms with Crippen molar-refractivity contribution in [2.45, 2.75) is 105 Å². The fraction of sp³-hybridized carbons (Fsp3) is 0.690. The first kappa shape index (κ1) is 28.9. The molecule has 0 aliphatic carbocycles. The highest BCUT2D eigenvalue weighted by Gasteiger charge is 2.10. The van der Waals surface area contributed by atoms with Gasteiger partial charge in [0.05, 0.1) is 30.0 Å². The summed E-state index contributed by atoms with van der Waals surface area (Å²) in [6, 6.07) is 4.27. The summed E-state index contributed by atoms with van der Waals surface area (Å²) in [5, 5.41) is 3.42. The van der Waals surface area contributed by atoms with Crippen LogP contribution in [0.3, 0.4) is 0 Å². The van der Waals surface area contributed by atoms with Crippen LogP contribution in [0.15, 0.2) is 30.7 Å². The average Bonchev–Trinajstić information content (AvgIpc) is 2.89. The molecule has 0 radical (unpaired) electrons. The fourth-order valence-electron chi connectivity index (χ4n) is 4.17. The summed E-state index contributed by atoms with van der Waals surface area (Å²) < 4.78 is 0. The first-order valence-electron chi connectivity index (χ1n) is 14.3. The molecular formula is C29H50N6. The third kappa shape index (κ3) is 11.3. The molecule has 0 saturated heterocycles. The zero-order valence-electron chi connectivity index (χ0n) is 22.9. The van der Waals surface area contributed by atoms with Gasteiger partial charge in [0.15, 0.2) is 0 Å². The van der Waals surface area contributed by atoms with Crippen LogP contribution in [0.4, 0.5) is 23.1 Å². The monoisotopic (exact) mass is 482 g/mol. The van der Waals surface area contributed by atoms with Gasteiger partial charge in [0.25, 0.3) is 0 Å². The van der Waals surface area contributed by atoms with Gasteiger partial charge in [-0.05, 0) is 37.8 Å². The molecule has 1 N–H and O–H groups in total. The summed E-state index contributed by atoms with van der Waals surface area (Å²) >= 11 is 0. The maximum atomic E-state index is 4.80. The molecule has 2 rings (SSSR count). The van der Waals surface area contributed by atoms with Crippen LogP contribution in [-0.2, 0) is 0 Å². The van der Waals surface area contributed by atoms with Crippen molar-refractivity contribution in [3.8, 4) is 0 Å². The van der Waals surface area contributed by atoms with E-state index in [1.54, 1.807) is 0 Å². The summed E-state index contributed by atoms with van der Waals surface area (Å²) in [5.74, 6) is 1.91. The first-order valence-corrected chi connectivity index (χ1v) is 14.3. The minimum atomic E-state index is 0.827. The van der Waals surface area contributed by atoms with Crippen LogP contribution in [0, 0.1) is 0 Å². The molecule has 35 heavy (non-hydrogen) atoms. The summed E-state index contributed by atoms with van der Waals surface area (Å²) in [6.07, 6.45) is 20.6. The Balaban J connectivity index is 1.97. The molecule has 6 nitrogen and oxygen atoms in total. The van der Waals surface area contributed by atoms with Crippen LogP contribution >= 0.6 is 0 Å². The standard InChI is InChI=1S/C29H50N6/c1-5-9-13-15-21-34(22-16-14-10-6-2)28-18-17-26(23-30-28)33-27-24-31-29(32-25-27)35(19-11-7-3)20-12-8-4/h17-18,23-25,33H,5-16,19-22H2,1-4H3. The number of hydrogen-bond acceptors (Lipinski definition) is 6. The molecule has 2 aromatic heterocycles. The van der Waals surface area contributed by atoms with E-state index in [4.69, 9.17) is 4.98 Å². The molecule has 0 aromatic carbocycles. The van der Waals surface area contributed by atoms with Gasteiger partial charge in [-0.2, -0.15) is 0 Å². The number of nitrogens with one attached hydrogen (secondary N) is 1. The molecule has 0 aliphatic heterocycles. The number of aromatic nitrogens is 3. The number of unbranched alkanes of at least 4 members (excludes halogenated alkanes) is 8.